The highest BCUT2D eigenvalue weighted by Crippen LogP contribution is 2.31. The van der Waals surface area contributed by atoms with E-state index in [4.69, 9.17) is 32.7 Å². The smallest absolute Gasteiger partial charge is 0.199 e. The number of rotatable bonds is 4. The molecule has 0 spiro atoms. The Balaban J connectivity index is 2.54. The monoisotopic (exact) mass is 310 g/mol. The zero-order valence-corrected chi connectivity index (χ0v) is 12.5. The van der Waals surface area contributed by atoms with Crippen molar-refractivity contribution in [3.8, 4) is 11.5 Å². The summed E-state index contributed by atoms with van der Waals surface area (Å²) in [6.45, 7) is 0. The summed E-state index contributed by atoms with van der Waals surface area (Å²) < 4.78 is 10.3. The molecule has 2 aromatic carbocycles. The lowest BCUT2D eigenvalue weighted by Gasteiger charge is -2.11. The molecule has 3 nitrogen and oxygen atoms in total. The van der Waals surface area contributed by atoms with Gasteiger partial charge in [0.05, 0.1) is 35.4 Å². The van der Waals surface area contributed by atoms with E-state index in [2.05, 4.69) is 0 Å². The third-order valence-electron chi connectivity index (χ3n) is 2.84. The van der Waals surface area contributed by atoms with Gasteiger partial charge in [-0.2, -0.15) is 0 Å². The fourth-order valence-electron chi connectivity index (χ4n) is 1.84. The topological polar surface area (TPSA) is 35.5 Å². The van der Waals surface area contributed by atoms with E-state index in [1.54, 1.807) is 43.5 Å². The molecule has 0 saturated heterocycles. The minimum atomic E-state index is -0.292. The molecule has 0 amide bonds. The predicted octanol–water partition coefficient (Wildman–Crippen LogP) is 4.24. The van der Waals surface area contributed by atoms with Gasteiger partial charge in [0.25, 0.3) is 0 Å². The van der Waals surface area contributed by atoms with Crippen LogP contribution in [0.2, 0.25) is 10.0 Å². The molecule has 20 heavy (non-hydrogen) atoms. The number of benzene rings is 2. The van der Waals surface area contributed by atoms with E-state index in [-0.39, 0.29) is 11.3 Å². The Morgan fingerprint density at radius 1 is 1.00 bits per heavy atom. The lowest BCUT2D eigenvalue weighted by molar-refractivity contribution is 0.103. The van der Waals surface area contributed by atoms with Crippen LogP contribution in [0.15, 0.2) is 36.4 Å². The summed E-state index contributed by atoms with van der Waals surface area (Å²) in [4.78, 5) is 12.6. The minimum Gasteiger partial charge on any atom is -0.497 e. The maximum Gasteiger partial charge on any atom is 0.199 e. The maximum absolute atomic E-state index is 12.6. The van der Waals surface area contributed by atoms with E-state index in [9.17, 15) is 4.79 Å². The van der Waals surface area contributed by atoms with Crippen LogP contribution in [0.3, 0.4) is 0 Å². The second-order valence-corrected chi connectivity index (χ2v) is 4.81. The first-order valence-corrected chi connectivity index (χ1v) is 6.54. The number of halogens is 2. The molecule has 0 aromatic heterocycles. The molecule has 5 heteroatoms. The third-order valence-corrected chi connectivity index (χ3v) is 3.47. The Kier molecular flexibility index (Phi) is 4.53. The van der Waals surface area contributed by atoms with Crippen LogP contribution in [0, 0.1) is 0 Å². The molecule has 0 atom stereocenters. The maximum atomic E-state index is 12.6. The summed E-state index contributed by atoms with van der Waals surface area (Å²) >= 11 is 12.1. The number of carbonyl (C=O) groups is 1. The highest BCUT2D eigenvalue weighted by molar-refractivity contribution is 6.41. The van der Waals surface area contributed by atoms with Crippen molar-refractivity contribution in [1.29, 1.82) is 0 Å². The summed E-state index contributed by atoms with van der Waals surface area (Å²) in [6, 6.07) is 9.87. The molecule has 0 radical (unpaired) electrons. The summed E-state index contributed by atoms with van der Waals surface area (Å²) in [5.41, 5.74) is 0.641. The molecule has 0 heterocycles. The highest BCUT2D eigenvalue weighted by Gasteiger charge is 2.20. The zero-order valence-electron chi connectivity index (χ0n) is 10.9. The van der Waals surface area contributed by atoms with Crippen molar-refractivity contribution in [2.75, 3.05) is 14.2 Å². The summed E-state index contributed by atoms with van der Waals surface area (Å²) in [5, 5.41) is 0.612. The molecule has 0 bridgehead atoms. The number of methoxy groups -OCH3 is 2. The van der Waals surface area contributed by atoms with Crippen LogP contribution in [0.25, 0.3) is 0 Å². The summed E-state index contributed by atoms with van der Waals surface area (Å²) in [7, 11) is 3.03. The third kappa shape index (κ3) is 2.74. The van der Waals surface area contributed by atoms with E-state index < -0.39 is 0 Å². The highest BCUT2D eigenvalue weighted by atomic mass is 35.5. The quantitative estimate of drug-likeness (QED) is 0.792. The second kappa shape index (κ2) is 6.16. The Morgan fingerprint density at radius 3 is 2.20 bits per heavy atom. The lowest BCUT2D eigenvalue weighted by Crippen LogP contribution is -2.06. The molecule has 0 fully saturated rings. The van der Waals surface area contributed by atoms with Gasteiger partial charge in [-0.1, -0.05) is 29.3 Å². The Bertz CT molecular complexity index is 633. The minimum absolute atomic E-state index is 0.263. The Morgan fingerprint density at radius 2 is 1.65 bits per heavy atom. The molecular formula is C15H12Cl2O3. The van der Waals surface area contributed by atoms with Gasteiger partial charge in [-0.3, -0.25) is 4.79 Å². The van der Waals surface area contributed by atoms with Crippen molar-refractivity contribution in [2.24, 2.45) is 0 Å². The normalized spacial score (nSPS) is 10.2. The van der Waals surface area contributed by atoms with Crippen LogP contribution >= 0.6 is 23.2 Å². The molecule has 0 aliphatic rings. The average Bonchev–Trinajstić information content (AvgIpc) is 2.46. The van der Waals surface area contributed by atoms with Gasteiger partial charge < -0.3 is 9.47 Å². The van der Waals surface area contributed by atoms with Gasteiger partial charge in [0.15, 0.2) is 5.78 Å². The lowest BCUT2D eigenvalue weighted by atomic mass is 10.0. The van der Waals surface area contributed by atoms with Gasteiger partial charge in [0.1, 0.15) is 11.5 Å². The number of hydrogen-bond acceptors (Lipinski definition) is 3. The molecule has 2 rings (SSSR count). The first kappa shape index (κ1) is 14.7. The van der Waals surface area contributed by atoms with Gasteiger partial charge in [0.2, 0.25) is 0 Å². The number of carbonyl (C=O) groups excluding carboxylic acids is 1. The molecule has 104 valence electrons. The van der Waals surface area contributed by atoms with Crippen molar-refractivity contribution in [1.82, 2.24) is 0 Å². The largest absolute Gasteiger partial charge is 0.497 e. The molecule has 0 aliphatic heterocycles. The van der Waals surface area contributed by atoms with Crippen molar-refractivity contribution < 1.29 is 14.3 Å². The standard InChI is InChI=1S/C15H12Cl2O3/c1-19-9-6-7-10(13(8-9)20-2)15(18)14-11(16)4-3-5-12(14)17/h3-8H,1-2H3. The number of ether oxygens (including phenoxy) is 2. The van der Waals surface area contributed by atoms with Gasteiger partial charge in [-0.25, -0.2) is 0 Å². The van der Waals surface area contributed by atoms with Gasteiger partial charge >= 0.3 is 0 Å². The molecule has 0 unspecified atom stereocenters. The molecule has 2 aromatic rings. The van der Waals surface area contributed by atoms with Gasteiger partial charge in [0, 0.05) is 6.07 Å². The fraction of sp³-hybridized carbons (Fsp3) is 0.133. The molecule has 0 N–H and O–H groups in total. The number of hydrogen-bond donors (Lipinski definition) is 0. The molecule has 0 saturated carbocycles. The van der Waals surface area contributed by atoms with Crippen molar-refractivity contribution >= 4 is 29.0 Å². The predicted molar refractivity (Wildman–Crippen MR) is 79.4 cm³/mol. The Labute approximate surface area is 127 Å². The average molecular weight is 311 g/mol. The van der Waals surface area contributed by atoms with Crippen LogP contribution in [0.5, 0.6) is 11.5 Å². The van der Waals surface area contributed by atoms with Gasteiger partial charge in [-0.05, 0) is 24.3 Å². The molecule has 0 aliphatic carbocycles. The van der Waals surface area contributed by atoms with E-state index >= 15 is 0 Å². The summed E-state index contributed by atoms with van der Waals surface area (Å²) in [6.07, 6.45) is 0. The fourth-order valence-corrected chi connectivity index (χ4v) is 2.40. The van der Waals surface area contributed by atoms with Crippen molar-refractivity contribution in [3.63, 3.8) is 0 Å². The first-order chi connectivity index (χ1) is 9.58. The second-order valence-electron chi connectivity index (χ2n) is 3.99. The van der Waals surface area contributed by atoms with Crippen LogP contribution in [-0.2, 0) is 0 Å². The van der Waals surface area contributed by atoms with Crippen molar-refractivity contribution in [2.45, 2.75) is 0 Å². The summed E-state index contributed by atoms with van der Waals surface area (Å²) in [5.74, 6) is 0.717. The molecular weight excluding hydrogens is 299 g/mol. The SMILES string of the molecule is COc1ccc(C(=O)c2c(Cl)cccc2Cl)c(OC)c1. The first-order valence-electron chi connectivity index (χ1n) is 5.79. The van der Waals surface area contributed by atoms with Crippen LogP contribution in [-0.4, -0.2) is 20.0 Å². The van der Waals surface area contributed by atoms with E-state index in [0.29, 0.717) is 27.1 Å². The Hall–Kier alpha value is -1.71. The van der Waals surface area contributed by atoms with Gasteiger partial charge in [-0.15, -0.1) is 0 Å². The van der Waals surface area contributed by atoms with Crippen LogP contribution in [0.4, 0.5) is 0 Å². The van der Waals surface area contributed by atoms with Crippen LogP contribution in [0.1, 0.15) is 15.9 Å². The zero-order chi connectivity index (χ0) is 14.7. The van der Waals surface area contributed by atoms with E-state index in [1.165, 1.54) is 7.11 Å². The number of ketones is 1. The van der Waals surface area contributed by atoms with E-state index in [1.807, 2.05) is 0 Å². The van der Waals surface area contributed by atoms with Crippen LogP contribution < -0.4 is 9.47 Å². The van der Waals surface area contributed by atoms with E-state index in [0.717, 1.165) is 0 Å². The van der Waals surface area contributed by atoms with Crippen molar-refractivity contribution in [3.05, 3.63) is 57.6 Å².